The Hall–Kier alpha value is -0.870. The van der Waals surface area contributed by atoms with Gasteiger partial charge in [-0.1, -0.05) is 13.0 Å². The van der Waals surface area contributed by atoms with Crippen LogP contribution in [0.25, 0.3) is 0 Å². The average molecular weight is 311 g/mol. The lowest BCUT2D eigenvalue weighted by atomic mass is 10.2. The summed E-state index contributed by atoms with van der Waals surface area (Å²) in [4.78, 5) is 5.77. The number of nitrogens with zero attached hydrogens (tertiary/aromatic N) is 1. The van der Waals surface area contributed by atoms with Crippen molar-refractivity contribution in [1.82, 2.24) is 4.98 Å². The van der Waals surface area contributed by atoms with Crippen molar-refractivity contribution in [2.75, 3.05) is 5.32 Å². The maximum atomic E-state index is 4.42. The highest BCUT2D eigenvalue weighted by molar-refractivity contribution is 9.10. The number of anilines is 1. The van der Waals surface area contributed by atoms with Gasteiger partial charge in [0.2, 0.25) is 0 Å². The SMILES string of the molecule is CCC(Nc1ncc(C)cc1Br)c1cccs1. The molecule has 0 saturated heterocycles. The van der Waals surface area contributed by atoms with Crippen LogP contribution in [0.1, 0.15) is 29.8 Å². The minimum Gasteiger partial charge on any atom is -0.362 e. The smallest absolute Gasteiger partial charge is 0.140 e. The number of pyridine rings is 1. The van der Waals surface area contributed by atoms with Crippen molar-refractivity contribution in [2.45, 2.75) is 26.3 Å². The van der Waals surface area contributed by atoms with Gasteiger partial charge in [0.15, 0.2) is 0 Å². The molecule has 0 amide bonds. The fourth-order valence-corrected chi connectivity index (χ4v) is 3.11. The Morgan fingerprint density at radius 1 is 1.53 bits per heavy atom. The fourth-order valence-electron chi connectivity index (χ4n) is 1.67. The quantitative estimate of drug-likeness (QED) is 0.879. The molecular weight excluding hydrogens is 296 g/mol. The summed E-state index contributed by atoms with van der Waals surface area (Å²) in [5.74, 6) is 0.913. The van der Waals surface area contributed by atoms with Gasteiger partial charge in [0.1, 0.15) is 5.82 Å². The van der Waals surface area contributed by atoms with E-state index in [1.807, 2.05) is 13.1 Å². The average Bonchev–Trinajstić information content (AvgIpc) is 2.81. The van der Waals surface area contributed by atoms with Gasteiger partial charge in [0.05, 0.1) is 10.5 Å². The predicted molar refractivity (Wildman–Crippen MR) is 77.6 cm³/mol. The molecule has 2 rings (SSSR count). The second-order valence-electron chi connectivity index (χ2n) is 3.96. The summed E-state index contributed by atoms with van der Waals surface area (Å²) in [6.45, 7) is 4.22. The maximum absolute atomic E-state index is 4.42. The summed E-state index contributed by atoms with van der Waals surface area (Å²) in [6, 6.07) is 6.66. The van der Waals surface area contributed by atoms with Crippen LogP contribution in [0.2, 0.25) is 0 Å². The summed E-state index contributed by atoms with van der Waals surface area (Å²) in [7, 11) is 0. The first kappa shape index (κ1) is 12.6. The third kappa shape index (κ3) is 3.07. The summed E-state index contributed by atoms with van der Waals surface area (Å²) in [5.41, 5.74) is 1.16. The van der Waals surface area contributed by atoms with Gasteiger partial charge in [-0.3, -0.25) is 0 Å². The lowest BCUT2D eigenvalue weighted by Gasteiger charge is -2.17. The lowest BCUT2D eigenvalue weighted by molar-refractivity contribution is 0.758. The van der Waals surface area contributed by atoms with Crippen molar-refractivity contribution >= 4 is 33.1 Å². The number of thiophene rings is 1. The minimum absolute atomic E-state index is 0.335. The molecule has 1 N–H and O–H groups in total. The predicted octanol–water partition coefficient (Wildman–Crippen LogP) is 4.78. The Kier molecular flexibility index (Phi) is 4.18. The number of halogens is 1. The molecule has 0 aromatic carbocycles. The second kappa shape index (κ2) is 5.65. The van der Waals surface area contributed by atoms with Crippen molar-refractivity contribution in [3.8, 4) is 0 Å². The van der Waals surface area contributed by atoms with E-state index in [0.717, 1.165) is 22.3 Å². The van der Waals surface area contributed by atoms with Crippen LogP contribution in [0.3, 0.4) is 0 Å². The first-order valence-electron chi connectivity index (χ1n) is 5.62. The summed E-state index contributed by atoms with van der Waals surface area (Å²) >= 11 is 5.32. The largest absolute Gasteiger partial charge is 0.362 e. The molecule has 0 fully saturated rings. The highest BCUT2D eigenvalue weighted by atomic mass is 79.9. The van der Waals surface area contributed by atoms with E-state index in [1.165, 1.54) is 4.88 Å². The Bertz CT molecular complexity index is 482. The number of aromatic nitrogens is 1. The van der Waals surface area contributed by atoms with Crippen molar-refractivity contribution in [1.29, 1.82) is 0 Å². The van der Waals surface area contributed by atoms with Gasteiger partial charge >= 0.3 is 0 Å². The van der Waals surface area contributed by atoms with E-state index >= 15 is 0 Å². The Balaban J connectivity index is 2.19. The van der Waals surface area contributed by atoms with Gasteiger partial charge < -0.3 is 5.32 Å². The second-order valence-corrected chi connectivity index (χ2v) is 5.80. The van der Waals surface area contributed by atoms with Crippen LogP contribution in [-0.4, -0.2) is 4.98 Å². The van der Waals surface area contributed by atoms with E-state index in [9.17, 15) is 0 Å². The molecule has 4 heteroatoms. The molecule has 0 bridgehead atoms. The van der Waals surface area contributed by atoms with Gasteiger partial charge in [-0.2, -0.15) is 0 Å². The number of nitrogens with one attached hydrogen (secondary N) is 1. The molecule has 0 spiro atoms. The molecule has 0 aliphatic rings. The molecule has 0 saturated carbocycles. The van der Waals surface area contributed by atoms with E-state index in [1.54, 1.807) is 11.3 Å². The molecule has 2 heterocycles. The monoisotopic (exact) mass is 310 g/mol. The topological polar surface area (TPSA) is 24.9 Å². The number of rotatable bonds is 4. The van der Waals surface area contributed by atoms with Crippen LogP contribution < -0.4 is 5.32 Å². The molecule has 2 aromatic rings. The number of aryl methyl sites for hydroxylation is 1. The Morgan fingerprint density at radius 2 is 2.35 bits per heavy atom. The third-order valence-electron chi connectivity index (χ3n) is 2.58. The first-order chi connectivity index (χ1) is 8.20. The summed E-state index contributed by atoms with van der Waals surface area (Å²) in [5, 5.41) is 5.59. The zero-order valence-corrected chi connectivity index (χ0v) is 12.3. The van der Waals surface area contributed by atoms with Crippen LogP contribution >= 0.6 is 27.3 Å². The van der Waals surface area contributed by atoms with Crippen LogP contribution in [0.4, 0.5) is 5.82 Å². The molecule has 90 valence electrons. The van der Waals surface area contributed by atoms with E-state index in [2.05, 4.69) is 56.7 Å². The fraction of sp³-hybridized carbons (Fsp3) is 0.308. The van der Waals surface area contributed by atoms with Crippen molar-refractivity contribution in [2.24, 2.45) is 0 Å². The van der Waals surface area contributed by atoms with Crippen LogP contribution in [-0.2, 0) is 0 Å². The van der Waals surface area contributed by atoms with E-state index in [4.69, 9.17) is 0 Å². The standard InChI is InChI=1S/C13H15BrN2S/c1-3-11(12-5-4-6-17-12)16-13-10(14)7-9(2)8-15-13/h4-8,11H,3H2,1-2H3,(H,15,16). The van der Waals surface area contributed by atoms with Gasteiger partial charge in [-0.05, 0) is 52.4 Å². The Morgan fingerprint density at radius 3 is 2.94 bits per heavy atom. The van der Waals surface area contributed by atoms with Crippen molar-refractivity contribution in [3.63, 3.8) is 0 Å². The Labute approximate surface area is 114 Å². The molecule has 1 unspecified atom stereocenters. The molecular formula is C13H15BrN2S. The van der Waals surface area contributed by atoms with E-state index < -0.39 is 0 Å². The van der Waals surface area contributed by atoms with Gasteiger partial charge in [0, 0.05) is 11.1 Å². The minimum atomic E-state index is 0.335. The number of hydrogen-bond acceptors (Lipinski definition) is 3. The van der Waals surface area contributed by atoms with Gasteiger partial charge in [0.25, 0.3) is 0 Å². The first-order valence-corrected chi connectivity index (χ1v) is 7.30. The van der Waals surface area contributed by atoms with Crippen LogP contribution in [0.15, 0.2) is 34.2 Å². The maximum Gasteiger partial charge on any atom is 0.140 e. The zero-order chi connectivity index (χ0) is 12.3. The summed E-state index contributed by atoms with van der Waals surface area (Å²) < 4.78 is 1.02. The van der Waals surface area contributed by atoms with Crippen molar-refractivity contribution in [3.05, 3.63) is 44.7 Å². The molecule has 17 heavy (non-hydrogen) atoms. The zero-order valence-electron chi connectivity index (χ0n) is 9.90. The molecule has 0 aliphatic heterocycles. The molecule has 1 atom stereocenters. The highest BCUT2D eigenvalue weighted by Gasteiger charge is 2.12. The molecule has 0 radical (unpaired) electrons. The lowest BCUT2D eigenvalue weighted by Crippen LogP contribution is -2.09. The molecule has 2 nitrogen and oxygen atoms in total. The van der Waals surface area contributed by atoms with Gasteiger partial charge in [-0.25, -0.2) is 4.98 Å². The molecule has 2 aromatic heterocycles. The molecule has 0 aliphatic carbocycles. The van der Waals surface area contributed by atoms with Crippen LogP contribution in [0.5, 0.6) is 0 Å². The van der Waals surface area contributed by atoms with Gasteiger partial charge in [-0.15, -0.1) is 11.3 Å². The number of hydrogen-bond donors (Lipinski definition) is 1. The van der Waals surface area contributed by atoms with Crippen LogP contribution in [0, 0.1) is 6.92 Å². The summed E-state index contributed by atoms with van der Waals surface area (Å²) in [6.07, 6.45) is 2.93. The van der Waals surface area contributed by atoms with E-state index in [-0.39, 0.29) is 0 Å². The van der Waals surface area contributed by atoms with Crippen molar-refractivity contribution < 1.29 is 0 Å². The van der Waals surface area contributed by atoms with E-state index in [0.29, 0.717) is 6.04 Å². The highest BCUT2D eigenvalue weighted by Crippen LogP contribution is 2.29. The normalized spacial score (nSPS) is 12.4. The third-order valence-corrected chi connectivity index (χ3v) is 4.17.